The topological polar surface area (TPSA) is 126 Å². The van der Waals surface area contributed by atoms with E-state index in [1.807, 2.05) is 0 Å². The maximum atomic E-state index is 13.5. The largest absolute Gasteiger partial charge is 0.493 e. The lowest BCUT2D eigenvalue weighted by Crippen LogP contribution is -2.39. The van der Waals surface area contributed by atoms with Crippen molar-refractivity contribution in [2.24, 2.45) is 5.10 Å². The molecule has 0 spiro atoms. The molecule has 0 heterocycles. The van der Waals surface area contributed by atoms with Crippen molar-refractivity contribution in [3.63, 3.8) is 0 Å². The van der Waals surface area contributed by atoms with E-state index in [1.54, 1.807) is 55.5 Å². The van der Waals surface area contributed by atoms with Crippen molar-refractivity contribution >= 4 is 38.9 Å². The number of amides is 2. The van der Waals surface area contributed by atoms with E-state index in [2.05, 4.69) is 15.8 Å². The molecule has 0 atom stereocenters. The summed E-state index contributed by atoms with van der Waals surface area (Å²) in [5.41, 5.74) is 4.34. The number of nitrogens with one attached hydrogen (secondary N) is 2. The van der Waals surface area contributed by atoms with Crippen molar-refractivity contribution in [3.05, 3.63) is 78.4 Å². The van der Waals surface area contributed by atoms with Gasteiger partial charge in [0.25, 0.3) is 15.9 Å². The summed E-state index contributed by atoms with van der Waals surface area (Å²) in [4.78, 5) is 24.2. The molecule has 0 radical (unpaired) electrons. The summed E-state index contributed by atoms with van der Waals surface area (Å²) >= 11 is 0. The van der Waals surface area contributed by atoms with E-state index < -0.39 is 22.5 Å². The van der Waals surface area contributed by atoms with Gasteiger partial charge in [0.15, 0.2) is 11.5 Å². The molecule has 3 rings (SSSR count). The first-order valence-corrected chi connectivity index (χ1v) is 12.6. The Kier molecular flexibility index (Phi) is 8.86. The second kappa shape index (κ2) is 12.0. The molecule has 2 amide bonds. The first kappa shape index (κ1) is 27.2. The summed E-state index contributed by atoms with van der Waals surface area (Å²) in [5, 5.41) is 6.80. The number of hydrogen-bond acceptors (Lipinski definition) is 7. The van der Waals surface area contributed by atoms with E-state index >= 15 is 0 Å². The number of sulfonamides is 1. The number of carbonyl (C=O) groups is 2. The van der Waals surface area contributed by atoms with Crippen LogP contribution in [-0.4, -0.2) is 46.7 Å². The van der Waals surface area contributed by atoms with Crippen LogP contribution >= 0.6 is 0 Å². The Hall–Kier alpha value is -4.38. The number of rotatable bonds is 10. The van der Waals surface area contributed by atoms with Crippen LogP contribution in [0.5, 0.6) is 11.5 Å². The SMILES string of the molecule is COc1ccc(N(CC(=O)N/N=C(/C)c2cccc(NC(C)=O)c2)S(=O)(=O)c2ccccc2)cc1OC. The third-order valence-electron chi connectivity index (χ3n) is 5.22. The number of hydrazone groups is 1. The van der Waals surface area contributed by atoms with Gasteiger partial charge in [-0.25, -0.2) is 13.8 Å². The lowest BCUT2D eigenvalue weighted by atomic mass is 10.1. The zero-order valence-corrected chi connectivity index (χ0v) is 21.7. The average molecular weight is 525 g/mol. The van der Waals surface area contributed by atoms with Gasteiger partial charge in [0.2, 0.25) is 5.91 Å². The molecule has 3 aromatic rings. The van der Waals surface area contributed by atoms with Crippen LogP contribution in [0.2, 0.25) is 0 Å². The summed E-state index contributed by atoms with van der Waals surface area (Å²) in [7, 11) is -1.21. The van der Waals surface area contributed by atoms with E-state index in [-0.39, 0.29) is 16.5 Å². The summed E-state index contributed by atoms with van der Waals surface area (Å²) in [6, 6.07) is 19.3. The van der Waals surface area contributed by atoms with Gasteiger partial charge in [-0.15, -0.1) is 0 Å². The third-order valence-corrected chi connectivity index (χ3v) is 7.01. The highest BCUT2D eigenvalue weighted by molar-refractivity contribution is 7.92. The number of ether oxygens (including phenoxy) is 2. The predicted octanol–water partition coefficient (Wildman–Crippen LogP) is 3.40. The fourth-order valence-corrected chi connectivity index (χ4v) is 4.85. The van der Waals surface area contributed by atoms with Gasteiger partial charge in [0, 0.05) is 18.7 Å². The highest BCUT2D eigenvalue weighted by Gasteiger charge is 2.28. The van der Waals surface area contributed by atoms with Crippen molar-refractivity contribution in [2.75, 3.05) is 30.4 Å². The van der Waals surface area contributed by atoms with Gasteiger partial charge < -0.3 is 14.8 Å². The van der Waals surface area contributed by atoms with Crippen molar-refractivity contribution in [2.45, 2.75) is 18.7 Å². The fraction of sp³-hybridized carbons (Fsp3) is 0.192. The number of carbonyl (C=O) groups excluding carboxylic acids is 2. The molecule has 0 aliphatic carbocycles. The molecule has 0 unspecified atom stereocenters. The first-order valence-electron chi connectivity index (χ1n) is 11.2. The van der Waals surface area contributed by atoms with E-state index in [9.17, 15) is 18.0 Å². The zero-order valence-electron chi connectivity index (χ0n) is 20.9. The van der Waals surface area contributed by atoms with Crippen LogP contribution in [0.3, 0.4) is 0 Å². The molecule has 194 valence electrons. The molecule has 0 saturated carbocycles. The standard InChI is InChI=1S/C26H28N4O6S/c1-18(20-9-8-10-21(15-20)27-19(2)31)28-29-26(32)17-30(37(33,34)23-11-6-5-7-12-23)22-13-14-24(35-3)25(16-22)36-4/h5-16H,17H2,1-4H3,(H,27,31)(H,29,32)/b28-18-. The number of anilines is 2. The van der Waals surface area contributed by atoms with E-state index in [0.717, 1.165) is 4.31 Å². The molecular formula is C26H28N4O6S. The second-order valence-electron chi connectivity index (χ2n) is 7.86. The van der Waals surface area contributed by atoms with Gasteiger partial charge in [0.05, 0.1) is 30.5 Å². The van der Waals surface area contributed by atoms with Gasteiger partial charge in [0.1, 0.15) is 6.54 Å². The minimum absolute atomic E-state index is 0.0204. The smallest absolute Gasteiger partial charge is 0.264 e. The Bertz CT molecular complexity index is 1410. The normalized spacial score (nSPS) is 11.4. The molecule has 0 aliphatic rings. The van der Waals surface area contributed by atoms with Crippen molar-refractivity contribution in [1.29, 1.82) is 0 Å². The summed E-state index contributed by atoms with van der Waals surface area (Å²) < 4.78 is 38.6. The predicted molar refractivity (Wildman–Crippen MR) is 142 cm³/mol. The molecule has 2 N–H and O–H groups in total. The lowest BCUT2D eigenvalue weighted by Gasteiger charge is -2.24. The first-order chi connectivity index (χ1) is 17.6. The van der Waals surface area contributed by atoms with E-state index in [4.69, 9.17) is 9.47 Å². The Morgan fingerprint density at radius 2 is 1.59 bits per heavy atom. The molecular weight excluding hydrogens is 496 g/mol. The fourth-order valence-electron chi connectivity index (χ4n) is 3.42. The second-order valence-corrected chi connectivity index (χ2v) is 9.72. The van der Waals surface area contributed by atoms with Crippen molar-refractivity contribution < 1.29 is 27.5 Å². The van der Waals surface area contributed by atoms with Gasteiger partial charge in [-0.05, 0) is 48.9 Å². The Morgan fingerprint density at radius 1 is 0.892 bits per heavy atom. The number of hydrogen-bond donors (Lipinski definition) is 2. The molecule has 11 heteroatoms. The van der Waals surface area contributed by atoms with Gasteiger partial charge >= 0.3 is 0 Å². The molecule has 3 aromatic carbocycles. The van der Waals surface area contributed by atoms with Crippen LogP contribution in [-0.2, 0) is 19.6 Å². The minimum Gasteiger partial charge on any atom is -0.493 e. The van der Waals surface area contributed by atoms with E-state index in [1.165, 1.54) is 45.4 Å². The summed E-state index contributed by atoms with van der Waals surface area (Å²) in [5.74, 6) is -0.155. The van der Waals surface area contributed by atoms with Gasteiger partial charge in [-0.3, -0.25) is 13.9 Å². The molecule has 0 fully saturated rings. The highest BCUT2D eigenvalue weighted by atomic mass is 32.2. The molecule has 0 aliphatic heterocycles. The Labute approximate surface area is 216 Å². The van der Waals surface area contributed by atoms with Crippen LogP contribution in [0, 0.1) is 0 Å². The van der Waals surface area contributed by atoms with Crippen LogP contribution in [0.15, 0.2) is 82.8 Å². The van der Waals surface area contributed by atoms with Gasteiger partial charge in [-0.2, -0.15) is 5.10 Å². The third kappa shape index (κ3) is 6.85. The summed E-state index contributed by atoms with van der Waals surface area (Å²) in [6.45, 7) is 2.54. The maximum Gasteiger partial charge on any atom is 0.264 e. The number of methoxy groups -OCH3 is 2. The maximum absolute atomic E-state index is 13.5. The van der Waals surface area contributed by atoms with Gasteiger partial charge in [-0.1, -0.05) is 30.3 Å². The minimum atomic E-state index is -4.11. The van der Waals surface area contributed by atoms with Crippen LogP contribution in [0.4, 0.5) is 11.4 Å². The van der Waals surface area contributed by atoms with Crippen LogP contribution < -0.4 is 24.5 Å². The highest BCUT2D eigenvalue weighted by Crippen LogP contribution is 2.33. The molecule has 0 saturated heterocycles. The van der Waals surface area contributed by atoms with Crippen molar-refractivity contribution in [3.8, 4) is 11.5 Å². The lowest BCUT2D eigenvalue weighted by molar-refractivity contribution is -0.119. The average Bonchev–Trinajstić information content (AvgIpc) is 2.90. The number of benzene rings is 3. The molecule has 0 aromatic heterocycles. The number of nitrogens with zero attached hydrogens (tertiary/aromatic N) is 2. The zero-order chi connectivity index (χ0) is 27.0. The van der Waals surface area contributed by atoms with E-state index in [0.29, 0.717) is 28.5 Å². The Balaban J connectivity index is 1.89. The molecule has 0 bridgehead atoms. The van der Waals surface area contributed by atoms with Crippen molar-refractivity contribution in [1.82, 2.24) is 5.43 Å². The van der Waals surface area contributed by atoms with Crippen LogP contribution in [0.1, 0.15) is 19.4 Å². The van der Waals surface area contributed by atoms with Crippen LogP contribution in [0.25, 0.3) is 0 Å². The quantitative estimate of drug-likeness (QED) is 0.309. The monoisotopic (exact) mass is 524 g/mol. The summed E-state index contributed by atoms with van der Waals surface area (Å²) in [6.07, 6.45) is 0. The molecule has 10 nitrogen and oxygen atoms in total. The Morgan fingerprint density at radius 3 is 2.24 bits per heavy atom. The molecule has 37 heavy (non-hydrogen) atoms.